The highest BCUT2D eigenvalue weighted by molar-refractivity contribution is 5.79. The molecule has 0 N–H and O–H groups in total. The van der Waals surface area contributed by atoms with Gasteiger partial charge in [-0.2, -0.15) is 0 Å². The van der Waals surface area contributed by atoms with Gasteiger partial charge in [0, 0.05) is 37.9 Å². The molecule has 0 aromatic carbocycles. The number of likely N-dealkylation sites (N-methyl/N-ethyl adjacent to an activating group) is 1. The van der Waals surface area contributed by atoms with Gasteiger partial charge in [-0.3, -0.25) is 14.6 Å². The number of nitrogens with zero attached hydrogens (tertiary/aromatic N) is 3. The fraction of sp³-hybridized carbons (Fsp3) is 0.562. The number of carbonyl (C=O) groups excluding carboxylic acids is 2. The first-order valence-corrected chi connectivity index (χ1v) is 7.66. The molecule has 0 radical (unpaired) electrons. The zero-order chi connectivity index (χ0) is 15.5. The third-order valence-electron chi connectivity index (χ3n) is 4.58. The Morgan fingerprint density at radius 2 is 2.32 bits per heavy atom. The second-order valence-electron chi connectivity index (χ2n) is 5.97. The number of amides is 2. The second kappa shape index (κ2) is 6.44. The number of hydrogen-bond acceptors (Lipinski definition) is 4. The first-order chi connectivity index (χ1) is 10.6. The third kappa shape index (κ3) is 3.11. The Bertz CT molecular complexity index is 549. The van der Waals surface area contributed by atoms with Crippen molar-refractivity contribution in [3.8, 4) is 0 Å². The number of aromatic nitrogens is 1. The molecule has 0 saturated carbocycles. The van der Waals surface area contributed by atoms with Gasteiger partial charge in [-0.05, 0) is 18.6 Å². The lowest BCUT2D eigenvalue weighted by atomic mass is 9.91. The van der Waals surface area contributed by atoms with E-state index >= 15 is 0 Å². The van der Waals surface area contributed by atoms with Crippen molar-refractivity contribution in [3.05, 3.63) is 30.1 Å². The number of pyridine rings is 1. The minimum absolute atomic E-state index is 0.00785. The van der Waals surface area contributed by atoms with Gasteiger partial charge in [-0.15, -0.1) is 0 Å². The number of hydrogen-bond donors (Lipinski definition) is 0. The van der Waals surface area contributed by atoms with E-state index in [9.17, 15) is 9.59 Å². The van der Waals surface area contributed by atoms with Crippen LogP contribution in [-0.4, -0.2) is 66.0 Å². The van der Waals surface area contributed by atoms with Gasteiger partial charge in [0.2, 0.25) is 11.8 Å². The predicted octanol–water partition coefficient (Wildman–Crippen LogP) is 0.330. The fourth-order valence-corrected chi connectivity index (χ4v) is 3.19. The molecule has 0 unspecified atom stereocenters. The molecule has 2 fully saturated rings. The van der Waals surface area contributed by atoms with Crippen molar-refractivity contribution >= 4 is 11.8 Å². The van der Waals surface area contributed by atoms with E-state index in [-0.39, 0.29) is 24.5 Å². The lowest BCUT2D eigenvalue weighted by Crippen LogP contribution is -2.54. The van der Waals surface area contributed by atoms with Crippen molar-refractivity contribution in [3.63, 3.8) is 0 Å². The summed E-state index contributed by atoms with van der Waals surface area (Å²) in [4.78, 5) is 32.2. The Morgan fingerprint density at radius 3 is 3.09 bits per heavy atom. The highest BCUT2D eigenvalue weighted by atomic mass is 16.5. The summed E-state index contributed by atoms with van der Waals surface area (Å²) < 4.78 is 5.43. The maximum Gasteiger partial charge on any atom is 0.248 e. The molecule has 22 heavy (non-hydrogen) atoms. The summed E-state index contributed by atoms with van der Waals surface area (Å²) in [6.07, 6.45) is 2.88. The molecule has 2 amide bonds. The van der Waals surface area contributed by atoms with Gasteiger partial charge in [0.25, 0.3) is 0 Å². The van der Waals surface area contributed by atoms with Crippen LogP contribution in [0.2, 0.25) is 0 Å². The average molecular weight is 303 g/mol. The standard InChI is InChI=1S/C16H21N3O3/c1-18-14-9-19(7-5-12(14)10-22-11-16(18)21)15(20)8-13-4-2-3-6-17-13/h2-4,6,12,14H,5,7-11H2,1H3/t12-,14-/m0/s1. The largest absolute Gasteiger partial charge is 0.371 e. The topological polar surface area (TPSA) is 62.7 Å². The van der Waals surface area contributed by atoms with Crippen molar-refractivity contribution < 1.29 is 14.3 Å². The first-order valence-electron chi connectivity index (χ1n) is 7.66. The average Bonchev–Trinajstić information content (AvgIpc) is 2.68. The Kier molecular flexibility index (Phi) is 4.38. The van der Waals surface area contributed by atoms with Crippen LogP contribution in [0, 0.1) is 5.92 Å². The molecule has 2 aliphatic heterocycles. The molecule has 2 aliphatic rings. The smallest absolute Gasteiger partial charge is 0.248 e. The van der Waals surface area contributed by atoms with Crippen LogP contribution in [0.1, 0.15) is 12.1 Å². The summed E-state index contributed by atoms with van der Waals surface area (Å²) in [6, 6.07) is 5.64. The van der Waals surface area contributed by atoms with E-state index in [4.69, 9.17) is 4.74 Å². The SMILES string of the molecule is CN1C(=O)COC[C@@H]2CCN(C(=O)Cc3ccccn3)C[C@@H]21. The number of ether oxygens (including phenoxy) is 1. The van der Waals surface area contributed by atoms with Crippen molar-refractivity contribution in [2.75, 3.05) is 33.4 Å². The number of fused-ring (bicyclic) bond motifs is 1. The molecule has 118 valence electrons. The van der Waals surface area contributed by atoms with Crippen LogP contribution in [0.15, 0.2) is 24.4 Å². The Balaban J connectivity index is 1.66. The maximum absolute atomic E-state index is 12.5. The van der Waals surface area contributed by atoms with Crippen LogP contribution in [0.4, 0.5) is 0 Å². The Labute approximate surface area is 130 Å². The zero-order valence-corrected chi connectivity index (χ0v) is 12.8. The fourth-order valence-electron chi connectivity index (χ4n) is 3.19. The van der Waals surface area contributed by atoms with Crippen LogP contribution in [0.5, 0.6) is 0 Å². The van der Waals surface area contributed by atoms with E-state index in [1.807, 2.05) is 23.1 Å². The summed E-state index contributed by atoms with van der Waals surface area (Å²) in [5, 5.41) is 0. The third-order valence-corrected chi connectivity index (χ3v) is 4.58. The normalized spacial score (nSPS) is 25.6. The summed E-state index contributed by atoms with van der Waals surface area (Å²) in [5.41, 5.74) is 0.781. The summed E-state index contributed by atoms with van der Waals surface area (Å²) >= 11 is 0. The molecule has 6 heteroatoms. The second-order valence-corrected chi connectivity index (χ2v) is 5.97. The van der Waals surface area contributed by atoms with Gasteiger partial charge in [0.15, 0.2) is 0 Å². The Hall–Kier alpha value is -1.95. The van der Waals surface area contributed by atoms with Crippen LogP contribution in [0.3, 0.4) is 0 Å². The van der Waals surface area contributed by atoms with Gasteiger partial charge >= 0.3 is 0 Å². The van der Waals surface area contributed by atoms with E-state index in [1.54, 1.807) is 18.1 Å². The molecule has 0 bridgehead atoms. The van der Waals surface area contributed by atoms with E-state index in [2.05, 4.69) is 4.98 Å². The van der Waals surface area contributed by atoms with Gasteiger partial charge in [0.1, 0.15) is 6.61 Å². The lowest BCUT2D eigenvalue weighted by molar-refractivity contribution is -0.139. The van der Waals surface area contributed by atoms with Crippen molar-refractivity contribution in [1.29, 1.82) is 0 Å². The summed E-state index contributed by atoms with van der Waals surface area (Å²) in [5.74, 6) is 0.380. The molecule has 2 atom stereocenters. The molecule has 0 spiro atoms. The molecule has 2 saturated heterocycles. The van der Waals surface area contributed by atoms with Crippen LogP contribution < -0.4 is 0 Å². The molecule has 6 nitrogen and oxygen atoms in total. The van der Waals surface area contributed by atoms with Crippen LogP contribution in [-0.2, 0) is 20.7 Å². The number of carbonyl (C=O) groups is 2. The highest BCUT2D eigenvalue weighted by Crippen LogP contribution is 2.25. The molecular formula is C16H21N3O3. The summed E-state index contributed by atoms with van der Waals surface area (Å²) in [7, 11) is 1.81. The monoisotopic (exact) mass is 303 g/mol. The number of likely N-dealkylation sites (tertiary alicyclic amines) is 1. The van der Waals surface area contributed by atoms with Gasteiger partial charge in [0.05, 0.1) is 19.1 Å². The quantitative estimate of drug-likeness (QED) is 0.790. The highest BCUT2D eigenvalue weighted by Gasteiger charge is 2.37. The molecule has 3 heterocycles. The number of piperidine rings is 1. The maximum atomic E-state index is 12.5. The molecule has 1 aromatic heterocycles. The van der Waals surface area contributed by atoms with E-state index in [1.165, 1.54) is 0 Å². The lowest BCUT2D eigenvalue weighted by Gasteiger charge is -2.41. The summed E-state index contributed by atoms with van der Waals surface area (Å²) in [6.45, 7) is 2.05. The van der Waals surface area contributed by atoms with E-state index in [0.717, 1.165) is 18.7 Å². The number of rotatable bonds is 2. The van der Waals surface area contributed by atoms with Gasteiger partial charge in [-0.25, -0.2) is 0 Å². The Morgan fingerprint density at radius 1 is 1.45 bits per heavy atom. The molecule has 1 aromatic rings. The van der Waals surface area contributed by atoms with Crippen molar-refractivity contribution in [1.82, 2.24) is 14.8 Å². The minimum atomic E-state index is -0.00785. The van der Waals surface area contributed by atoms with Crippen LogP contribution >= 0.6 is 0 Å². The van der Waals surface area contributed by atoms with Crippen molar-refractivity contribution in [2.45, 2.75) is 18.9 Å². The molecule has 0 aliphatic carbocycles. The first kappa shape index (κ1) is 15.0. The molecule has 3 rings (SSSR count). The minimum Gasteiger partial charge on any atom is -0.371 e. The zero-order valence-electron chi connectivity index (χ0n) is 12.8. The van der Waals surface area contributed by atoms with E-state index < -0.39 is 0 Å². The van der Waals surface area contributed by atoms with E-state index in [0.29, 0.717) is 25.5 Å². The van der Waals surface area contributed by atoms with Gasteiger partial charge < -0.3 is 14.5 Å². The van der Waals surface area contributed by atoms with Crippen molar-refractivity contribution in [2.24, 2.45) is 5.92 Å². The van der Waals surface area contributed by atoms with Gasteiger partial charge in [-0.1, -0.05) is 6.07 Å². The molecular weight excluding hydrogens is 282 g/mol. The van der Waals surface area contributed by atoms with Crippen LogP contribution in [0.25, 0.3) is 0 Å². The predicted molar refractivity (Wildman–Crippen MR) is 80.0 cm³/mol.